The topological polar surface area (TPSA) is 75.4 Å². The van der Waals surface area contributed by atoms with Crippen LogP contribution in [0.5, 0.6) is 0 Å². The van der Waals surface area contributed by atoms with E-state index >= 15 is 0 Å². The van der Waals surface area contributed by atoms with Gasteiger partial charge >= 0.3 is 0 Å². The van der Waals surface area contributed by atoms with E-state index in [0.29, 0.717) is 19.0 Å². The van der Waals surface area contributed by atoms with Crippen LogP contribution >= 0.6 is 0 Å². The van der Waals surface area contributed by atoms with E-state index in [9.17, 15) is 9.59 Å². The molecule has 5 nitrogen and oxygen atoms in total. The van der Waals surface area contributed by atoms with E-state index in [-0.39, 0.29) is 35.7 Å². The third-order valence-electron chi connectivity index (χ3n) is 5.15. The Hall–Kier alpha value is -1.10. The third kappa shape index (κ3) is 2.61. The van der Waals surface area contributed by atoms with Gasteiger partial charge in [-0.25, -0.2) is 0 Å². The van der Waals surface area contributed by atoms with Crippen molar-refractivity contribution in [2.45, 2.75) is 39.7 Å². The minimum absolute atomic E-state index is 0.0202. The molecule has 3 unspecified atom stereocenters. The molecule has 3 atom stereocenters. The fourth-order valence-corrected chi connectivity index (χ4v) is 3.34. The zero-order valence-corrected chi connectivity index (χ0v) is 12.1. The molecule has 1 saturated carbocycles. The Kier molecular flexibility index (Phi) is 3.85. The molecule has 0 aromatic rings. The van der Waals surface area contributed by atoms with Gasteiger partial charge in [0.2, 0.25) is 11.8 Å². The lowest BCUT2D eigenvalue weighted by atomic mass is 9.60. The molecule has 2 amide bonds. The summed E-state index contributed by atoms with van der Waals surface area (Å²) >= 11 is 0. The second kappa shape index (κ2) is 5.12. The van der Waals surface area contributed by atoms with Gasteiger partial charge in [0.15, 0.2) is 0 Å². The highest BCUT2D eigenvalue weighted by Gasteiger charge is 2.46. The number of carbonyl (C=O) groups is 2. The minimum Gasteiger partial charge on any atom is -0.353 e. The van der Waals surface area contributed by atoms with Crippen molar-refractivity contribution in [2.24, 2.45) is 23.0 Å². The predicted octanol–water partition coefficient (Wildman–Crippen LogP) is 0.344. The Bertz CT molecular complexity index is 381. The van der Waals surface area contributed by atoms with Gasteiger partial charge in [-0.2, -0.15) is 0 Å². The Labute approximate surface area is 114 Å². The van der Waals surface area contributed by atoms with Crippen LogP contribution in [0.15, 0.2) is 0 Å². The molecule has 1 saturated heterocycles. The Morgan fingerprint density at radius 3 is 2.74 bits per heavy atom. The van der Waals surface area contributed by atoms with Crippen LogP contribution in [0.3, 0.4) is 0 Å². The SMILES string of the molecule is CC1C(N)CCC(C(=O)N2CCNC(=O)C2)C1(C)C. The summed E-state index contributed by atoms with van der Waals surface area (Å²) in [5.41, 5.74) is 6.02. The number of hydrogen-bond donors (Lipinski definition) is 2. The van der Waals surface area contributed by atoms with Crippen molar-refractivity contribution in [2.75, 3.05) is 19.6 Å². The van der Waals surface area contributed by atoms with Gasteiger partial charge in [0, 0.05) is 25.0 Å². The Morgan fingerprint density at radius 2 is 2.11 bits per heavy atom. The molecule has 2 rings (SSSR count). The summed E-state index contributed by atoms with van der Waals surface area (Å²) in [4.78, 5) is 25.8. The average Bonchev–Trinajstić information content (AvgIpc) is 2.35. The first-order valence-corrected chi connectivity index (χ1v) is 7.15. The average molecular weight is 267 g/mol. The van der Waals surface area contributed by atoms with Crippen LogP contribution in [-0.2, 0) is 9.59 Å². The summed E-state index contributed by atoms with van der Waals surface area (Å²) < 4.78 is 0. The van der Waals surface area contributed by atoms with Crippen LogP contribution in [0, 0.1) is 17.3 Å². The first-order chi connectivity index (χ1) is 8.84. The quantitative estimate of drug-likeness (QED) is 0.719. The summed E-state index contributed by atoms with van der Waals surface area (Å²) in [6.45, 7) is 7.77. The molecule has 1 aliphatic carbocycles. The Balaban J connectivity index is 2.12. The van der Waals surface area contributed by atoms with E-state index in [1.54, 1.807) is 4.90 Å². The smallest absolute Gasteiger partial charge is 0.239 e. The van der Waals surface area contributed by atoms with Crippen LogP contribution in [0.4, 0.5) is 0 Å². The molecule has 19 heavy (non-hydrogen) atoms. The molecule has 2 aliphatic rings. The van der Waals surface area contributed by atoms with Gasteiger partial charge in [0.25, 0.3) is 0 Å². The fraction of sp³-hybridized carbons (Fsp3) is 0.857. The number of nitrogens with one attached hydrogen (secondary N) is 1. The van der Waals surface area contributed by atoms with Crippen molar-refractivity contribution in [3.63, 3.8) is 0 Å². The van der Waals surface area contributed by atoms with Crippen molar-refractivity contribution in [3.05, 3.63) is 0 Å². The van der Waals surface area contributed by atoms with Crippen molar-refractivity contribution in [3.8, 4) is 0 Å². The predicted molar refractivity (Wildman–Crippen MR) is 73.2 cm³/mol. The maximum Gasteiger partial charge on any atom is 0.239 e. The van der Waals surface area contributed by atoms with E-state index in [2.05, 4.69) is 26.1 Å². The van der Waals surface area contributed by atoms with E-state index in [0.717, 1.165) is 12.8 Å². The number of nitrogens with zero attached hydrogens (tertiary/aromatic N) is 1. The number of hydrogen-bond acceptors (Lipinski definition) is 3. The van der Waals surface area contributed by atoms with Gasteiger partial charge < -0.3 is 16.0 Å². The molecular weight excluding hydrogens is 242 g/mol. The van der Waals surface area contributed by atoms with Gasteiger partial charge in [-0.3, -0.25) is 9.59 Å². The van der Waals surface area contributed by atoms with Crippen molar-refractivity contribution < 1.29 is 9.59 Å². The van der Waals surface area contributed by atoms with Gasteiger partial charge in [0.1, 0.15) is 0 Å². The van der Waals surface area contributed by atoms with Crippen molar-refractivity contribution in [1.29, 1.82) is 0 Å². The molecule has 5 heteroatoms. The van der Waals surface area contributed by atoms with Crippen LogP contribution in [0.1, 0.15) is 33.6 Å². The van der Waals surface area contributed by atoms with Gasteiger partial charge in [-0.1, -0.05) is 20.8 Å². The highest BCUT2D eigenvalue weighted by Crippen LogP contribution is 2.45. The summed E-state index contributed by atoms with van der Waals surface area (Å²) in [6.07, 6.45) is 1.72. The molecule has 1 aliphatic heterocycles. The molecule has 108 valence electrons. The molecule has 0 radical (unpaired) electrons. The highest BCUT2D eigenvalue weighted by molar-refractivity contribution is 5.87. The van der Waals surface area contributed by atoms with Crippen LogP contribution < -0.4 is 11.1 Å². The van der Waals surface area contributed by atoms with Crippen LogP contribution in [0.25, 0.3) is 0 Å². The molecular formula is C14H25N3O2. The summed E-state index contributed by atoms with van der Waals surface area (Å²) in [5, 5.41) is 2.75. The molecule has 2 fully saturated rings. The fourth-order valence-electron chi connectivity index (χ4n) is 3.34. The van der Waals surface area contributed by atoms with Crippen molar-refractivity contribution >= 4 is 11.8 Å². The first-order valence-electron chi connectivity index (χ1n) is 7.15. The second-order valence-corrected chi connectivity index (χ2v) is 6.51. The molecule has 0 aromatic heterocycles. The largest absolute Gasteiger partial charge is 0.353 e. The third-order valence-corrected chi connectivity index (χ3v) is 5.15. The zero-order valence-electron chi connectivity index (χ0n) is 12.1. The van der Waals surface area contributed by atoms with E-state index in [4.69, 9.17) is 5.73 Å². The van der Waals surface area contributed by atoms with E-state index < -0.39 is 0 Å². The lowest BCUT2D eigenvalue weighted by Crippen LogP contribution is -2.56. The molecule has 0 spiro atoms. The van der Waals surface area contributed by atoms with E-state index in [1.165, 1.54) is 0 Å². The normalized spacial score (nSPS) is 34.8. The van der Waals surface area contributed by atoms with Gasteiger partial charge in [-0.15, -0.1) is 0 Å². The molecule has 0 bridgehead atoms. The number of piperazine rings is 1. The number of rotatable bonds is 1. The maximum absolute atomic E-state index is 12.7. The maximum atomic E-state index is 12.7. The monoisotopic (exact) mass is 267 g/mol. The van der Waals surface area contributed by atoms with Crippen molar-refractivity contribution in [1.82, 2.24) is 10.2 Å². The number of carbonyl (C=O) groups excluding carboxylic acids is 2. The zero-order chi connectivity index (χ0) is 14.2. The highest BCUT2D eigenvalue weighted by atomic mass is 16.2. The Morgan fingerprint density at radius 1 is 1.42 bits per heavy atom. The van der Waals surface area contributed by atoms with Gasteiger partial charge in [-0.05, 0) is 24.2 Å². The first kappa shape index (κ1) is 14.3. The molecule has 3 N–H and O–H groups in total. The summed E-state index contributed by atoms with van der Waals surface area (Å²) in [5.74, 6) is 0.360. The number of amides is 2. The minimum atomic E-state index is -0.108. The summed E-state index contributed by atoms with van der Waals surface area (Å²) in [6, 6.07) is 0.170. The molecule has 0 aromatic carbocycles. The van der Waals surface area contributed by atoms with Crippen LogP contribution in [0.2, 0.25) is 0 Å². The van der Waals surface area contributed by atoms with E-state index in [1.807, 2.05) is 0 Å². The van der Waals surface area contributed by atoms with Crippen LogP contribution in [-0.4, -0.2) is 42.4 Å². The lowest BCUT2D eigenvalue weighted by molar-refractivity contribution is -0.147. The summed E-state index contributed by atoms with van der Waals surface area (Å²) in [7, 11) is 0. The lowest BCUT2D eigenvalue weighted by Gasteiger charge is -2.47. The number of nitrogens with two attached hydrogens (primary N) is 1. The standard InChI is InChI=1S/C14H25N3O2/c1-9-11(15)5-4-10(14(9,2)3)13(19)17-7-6-16-12(18)8-17/h9-11H,4-8,15H2,1-3H3,(H,16,18). The second-order valence-electron chi connectivity index (χ2n) is 6.51. The van der Waals surface area contributed by atoms with Gasteiger partial charge in [0.05, 0.1) is 6.54 Å². The molecule has 1 heterocycles.